The van der Waals surface area contributed by atoms with Gasteiger partial charge in [0.15, 0.2) is 0 Å². The molecule has 0 fully saturated rings. The Hall–Kier alpha value is -1.63. The summed E-state index contributed by atoms with van der Waals surface area (Å²) in [6.45, 7) is 5.58. The van der Waals surface area contributed by atoms with Crippen LogP contribution in [0.2, 0.25) is 0 Å². The van der Waals surface area contributed by atoms with E-state index in [1.165, 1.54) is 11.3 Å². The molecule has 1 heterocycles. The second-order valence-corrected chi connectivity index (χ2v) is 5.64. The summed E-state index contributed by atoms with van der Waals surface area (Å²) in [7, 11) is 0. The lowest BCUT2D eigenvalue weighted by atomic mass is 9.82. The lowest BCUT2D eigenvalue weighted by Gasteiger charge is -2.27. The molecule has 0 bridgehead atoms. The largest absolute Gasteiger partial charge is 0.481 e. The molecule has 112 valence electrons. The Balaban J connectivity index is 2.52. The van der Waals surface area contributed by atoms with Crippen LogP contribution in [-0.4, -0.2) is 28.6 Å². The van der Waals surface area contributed by atoms with Crippen LogP contribution in [0.15, 0.2) is 11.6 Å². The van der Waals surface area contributed by atoms with Crippen molar-refractivity contribution >= 4 is 23.3 Å². The molecule has 0 aliphatic heterocycles. The number of rotatable bonds is 7. The van der Waals surface area contributed by atoms with Crippen molar-refractivity contribution < 1.29 is 14.7 Å². The number of carboxylic acids is 1. The number of aliphatic carboxylic acids is 1. The van der Waals surface area contributed by atoms with Crippen LogP contribution in [0.5, 0.6) is 0 Å². The minimum atomic E-state index is -0.901. The van der Waals surface area contributed by atoms with Gasteiger partial charge in [0.05, 0.1) is 11.5 Å². The number of aromatic nitrogens is 1. The van der Waals surface area contributed by atoms with Crippen LogP contribution in [0, 0.1) is 5.41 Å². The van der Waals surface area contributed by atoms with Crippen molar-refractivity contribution in [1.82, 2.24) is 15.6 Å². The predicted octanol–water partition coefficient (Wildman–Crippen LogP) is 2.39. The monoisotopic (exact) mass is 299 g/mol. The third-order valence-electron chi connectivity index (χ3n) is 3.56. The van der Waals surface area contributed by atoms with E-state index in [0.717, 1.165) is 5.01 Å². The maximum Gasteiger partial charge on any atom is 0.315 e. The second kappa shape index (κ2) is 7.23. The normalized spacial score (nSPS) is 12.8. The molecule has 0 radical (unpaired) electrons. The zero-order valence-corrected chi connectivity index (χ0v) is 12.8. The Kier molecular flexibility index (Phi) is 5.94. The summed E-state index contributed by atoms with van der Waals surface area (Å²) >= 11 is 1.46. The summed E-state index contributed by atoms with van der Waals surface area (Å²) in [5.41, 5.74) is -0.901. The van der Waals surface area contributed by atoms with Crippen molar-refractivity contribution in [1.29, 1.82) is 0 Å². The Morgan fingerprint density at radius 1 is 1.45 bits per heavy atom. The molecule has 1 atom stereocenters. The molecule has 1 aromatic heterocycles. The van der Waals surface area contributed by atoms with Gasteiger partial charge in [0.25, 0.3) is 0 Å². The number of nitrogens with zero attached hydrogens (tertiary/aromatic N) is 1. The maximum atomic E-state index is 11.8. The molecular weight excluding hydrogens is 278 g/mol. The molecule has 1 aromatic rings. The van der Waals surface area contributed by atoms with Gasteiger partial charge in [-0.3, -0.25) is 4.79 Å². The van der Waals surface area contributed by atoms with Gasteiger partial charge in [0, 0.05) is 18.1 Å². The molecule has 0 aromatic carbocycles. The number of hydrogen-bond donors (Lipinski definition) is 3. The van der Waals surface area contributed by atoms with Crippen molar-refractivity contribution in [3.8, 4) is 0 Å². The fraction of sp³-hybridized carbons (Fsp3) is 0.615. The number of urea groups is 1. The fourth-order valence-electron chi connectivity index (χ4n) is 1.89. The third kappa shape index (κ3) is 3.93. The molecule has 2 amide bonds. The molecule has 7 heteroatoms. The van der Waals surface area contributed by atoms with Crippen LogP contribution in [0.3, 0.4) is 0 Å². The van der Waals surface area contributed by atoms with Crippen molar-refractivity contribution in [2.75, 3.05) is 6.54 Å². The lowest BCUT2D eigenvalue weighted by molar-refractivity contribution is -0.149. The Labute approximate surface area is 122 Å². The average molecular weight is 299 g/mol. The Morgan fingerprint density at radius 3 is 2.55 bits per heavy atom. The van der Waals surface area contributed by atoms with Gasteiger partial charge in [-0.25, -0.2) is 9.78 Å². The highest BCUT2D eigenvalue weighted by Gasteiger charge is 2.35. The van der Waals surface area contributed by atoms with Gasteiger partial charge < -0.3 is 15.7 Å². The summed E-state index contributed by atoms with van der Waals surface area (Å²) in [5.74, 6) is -0.879. The molecule has 0 saturated carbocycles. The lowest BCUT2D eigenvalue weighted by Crippen LogP contribution is -2.46. The van der Waals surface area contributed by atoms with Gasteiger partial charge in [-0.15, -0.1) is 11.3 Å². The molecule has 20 heavy (non-hydrogen) atoms. The molecule has 6 nitrogen and oxygen atoms in total. The number of amides is 2. The smallest absolute Gasteiger partial charge is 0.315 e. The second-order valence-electron chi connectivity index (χ2n) is 4.71. The highest BCUT2D eigenvalue weighted by atomic mass is 32.1. The first-order valence-corrected chi connectivity index (χ1v) is 7.50. The van der Waals surface area contributed by atoms with E-state index in [1.54, 1.807) is 6.20 Å². The molecule has 0 aliphatic rings. The summed E-state index contributed by atoms with van der Waals surface area (Å²) < 4.78 is 0. The van der Waals surface area contributed by atoms with Gasteiger partial charge in [-0.1, -0.05) is 13.8 Å². The molecule has 0 aliphatic carbocycles. The molecular formula is C13H21N3O3S. The van der Waals surface area contributed by atoms with E-state index in [9.17, 15) is 14.7 Å². The first-order chi connectivity index (χ1) is 9.45. The van der Waals surface area contributed by atoms with Crippen LogP contribution < -0.4 is 10.6 Å². The van der Waals surface area contributed by atoms with Crippen LogP contribution in [-0.2, 0) is 4.79 Å². The van der Waals surface area contributed by atoms with E-state index in [1.807, 2.05) is 26.2 Å². The zero-order chi connectivity index (χ0) is 15.2. The maximum absolute atomic E-state index is 11.8. The molecule has 1 unspecified atom stereocenters. The van der Waals surface area contributed by atoms with E-state index >= 15 is 0 Å². The highest BCUT2D eigenvalue weighted by Crippen LogP contribution is 2.25. The van der Waals surface area contributed by atoms with Gasteiger partial charge >= 0.3 is 12.0 Å². The first-order valence-electron chi connectivity index (χ1n) is 6.62. The minimum absolute atomic E-state index is 0.117. The summed E-state index contributed by atoms with van der Waals surface area (Å²) in [6.07, 6.45) is 2.63. The number of nitrogens with one attached hydrogen (secondary N) is 2. The van der Waals surface area contributed by atoms with Crippen LogP contribution in [0.4, 0.5) is 4.79 Å². The molecule has 1 rings (SSSR count). The highest BCUT2D eigenvalue weighted by molar-refractivity contribution is 7.09. The zero-order valence-electron chi connectivity index (χ0n) is 12.0. The van der Waals surface area contributed by atoms with Gasteiger partial charge in [-0.2, -0.15) is 0 Å². The van der Waals surface area contributed by atoms with E-state index < -0.39 is 11.4 Å². The summed E-state index contributed by atoms with van der Waals surface area (Å²) in [6, 6.07) is -0.572. The average Bonchev–Trinajstić information content (AvgIpc) is 2.94. The molecule has 3 N–H and O–H groups in total. The standard InChI is InChI=1S/C13H21N3O3S/c1-4-13(5-2,11(17)18)8-15-12(19)16-9(3)10-14-6-7-20-10/h6-7,9H,4-5,8H2,1-3H3,(H,17,18)(H2,15,16,19). The number of hydrogen-bond acceptors (Lipinski definition) is 4. The van der Waals surface area contributed by atoms with Crippen LogP contribution in [0.1, 0.15) is 44.7 Å². The summed E-state index contributed by atoms with van der Waals surface area (Å²) in [4.78, 5) is 27.3. The van der Waals surface area contributed by atoms with E-state index in [0.29, 0.717) is 12.8 Å². The number of carbonyl (C=O) groups excluding carboxylic acids is 1. The van der Waals surface area contributed by atoms with Gasteiger partial charge in [0.1, 0.15) is 5.01 Å². The number of thiazole rings is 1. The van der Waals surface area contributed by atoms with Crippen LogP contribution >= 0.6 is 11.3 Å². The minimum Gasteiger partial charge on any atom is -0.481 e. The molecule has 0 saturated heterocycles. The van der Waals surface area contributed by atoms with Crippen molar-refractivity contribution in [2.45, 2.75) is 39.7 Å². The van der Waals surface area contributed by atoms with E-state index in [4.69, 9.17) is 0 Å². The third-order valence-corrected chi connectivity index (χ3v) is 4.52. The van der Waals surface area contributed by atoms with Crippen molar-refractivity contribution in [3.05, 3.63) is 16.6 Å². The Morgan fingerprint density at radius 2 is 2.10 bits per heavy atom. The summed E-state index contributed by atoms with van der Waals surface area (Å²) in [5, 5.41) is 17.3. The predicted molar refractivity (Wildman–Crippen MR) is 77.7 cm³/mol. The van der Waals surface area contributed by atoms with Gasteiger partial charge in [-0.05, 0) is 19.8 Å². The van der Waals surface area contributed by atoms with Crippen molar-refractivity contribution in [2.24, 2.45) is 5.41 Å². The number of carbonyl (C=O) groups is 2. The van der Waals surface area contributed by atoms with E-state index in [2.05, 4.69) is 15.6 Å². The SMILES string of the molecule is CCC(CC)(CNC(=O)NC(C)c1nccs1)C(=O)O. The van der Waals surface area contributed by atoms with Gasteiger partial charge in [0.2, 0.25) is 0 Å². The van der Waals surface area contributed by atoms with Crippen LogP contribution in [0.25, 0.3) is 0 Å². The number of carboxylic acid groups (broad SMARTS) is 1. The Bertz CT molecular complexity index is 444. The quantitative estimate of drug-likeness (QED) is 0.721. The first kappa shape index (κ1) is 16.4. The topological polar surface area (TPSA) is 91.3 Å². The van der Waals surface area contributed by atoms with E-state index in [-0.39, 0.29) is 18.6 Å². The molecule has 0 spiro atoms. The van der Waals surface area contributed by atoms with Crippen molar-refractivity contribution in [3.63, 3.8) is 0 Å². The fourth-order valence-corrected chi connectivity index (χ4v) is 2.53.